The van der Waals surface area contributed by atoms with Crippen molar-refractivity contribution in [3.05, 3.63) is 11.8 Å². The van der Waals surface area contributed by atoms with Crippen molar-refractivity contribution in [3.8, 4) is 11.6 Å². The molecule has 0 aliphatic heterocycles. The molecule has 7 heteroatoms. The first kappa shape index (κ1) is 12.1. The van der Waals surface area contributed by atoms with Crippen LogP contribution in [0.2, 0.25) is 0 Å². The molecule has 0 bridgehead atoms. The molecule has 1 aromatic heterocycles. The lowest BCUT2D eigenvalue weighted by molar-refractivity contribution is 0.360. The van der Waals surface area contributed by atoms with Crippen LogP contribution in [-0.2, 0) is 9.05 Å². The third-order valence-electron chi connectivity index (χ3n) is 1.69. The molecule has 0 unspecified atom stereocenters. The van der Waals surface area contributed by atoms with Crippen molar-refractivity contribution in [2.45, 2.75) is 11.8 Å². The molecule has 0 fully saturated rings. The number of rotatable bonds is 3. The lowest BCUT2D eigenvalue weighted by Crippen LogP contribution is -2.03. The van der Waals surface area contributed by atoms with Gasteiger partial charge < -0.3 is 9.47 Å². The molecule has 15 heavy (non-hydrogen) atoms. The van der Waals surface area contributed by atoms with Crippen molar-refractivity contribution >= 4 is 19.7 Å². The van der Waals surface area contributed by atoms with E-state index in [1.165, 1.54) is 20.3 Å². The predicted molar refractivity (Wildman–Crippen MR) is 55.1 cm³/mol. The average Bonchev–Trinajstić information content (AvgIpc) is 2.14. The smallest absolute Gasteiger partial charge is 0.270 e. The van der Waals surface area contributed by atoms with E-state index in [-0.39, 0.29) is 16.5 Å². The van der Waals surface area contributed by atoms with E-state index in [0.717, 1.165) is 0 Å². The van der Waals surface area contributed by atoms with Crippen LogP contribution in [0, 0.1) is 6.92 Å². The molecule has 1 heterocycles. The maximum absolute atomic E-state index is 11.3. The van der Waals surface area contributed by atoms with Gasteiger partial charge in [-0.25, -0.2) is 13.4 Å². The van der Waals surface area contributed by atoms with Crippen LogP contribution in [0.25, 0.3) is 0 Å². The van der Waals surface area contributed by atoms with E-state index >= 15 is 0 Å². The Morgan fingerprint density at radius 2 is 1.93 bits per heavy atom. The van der Waals surface area contributed by atoms with Crippen LogP contribution >= 0.6 is 10.7 Å². The molecular formula is C8H10ClNO4S. The van der Waals surface area contributed by atoms with Gasteiger partial charge in [-0.15, -0.1) is 0 Å². The summed E-state index contributed by atoms with van der Waals surface area (Å²) in [6.07, 6.45) is 0. The highest BCUT2D eigenvalue weighted by Crippen LogP contribution is 2.34. The summed E-state index contributed by atoms with van der Waals surface area (Å²) in [6, 6.07) is 1.47. The first-order valence-corrected chi connectivity index (χ1v) is 6.25. The standard InChI is InChI=1S/C8H10ClNO4S/c1-5-4-6(13-2)7(15(9,11)12)8(10-5)14-3/h4H,1-3H3. The van der Waals surface area contributed by atoms with E-state index in [2.05, 4.69) is 4.98 Å². The highest BCUT2D eigenvalue weighted by molar-refractivity contribution is 8.13. The van der Waals surface area contributed by atoms with Crippen LogP contribution < -0.4 is 9.47 Å². The number of aromatic nitrogens is 1. The molecule has 0 aromatic carbocycles. The van der Waals surface area contributed by atoms with Gasteiger partial charge in [-0.3, -0.25) is 0 Å². The Balaban J connectivity index is 3.59. The van der Waals surface area contributed by atoms with Gasteiger partial charge in [0.1, 0.15) is 5.75 Å². The number of ether oxygens (including phenoxy) is 2. The van der Waals surface area contributed by atoms with E-state index in [1.807, 2.05) is 0 Å². The Kier molecular flexibility index (Phi) is 3.41. The van der Waals surface area contributed by atoms with E-state index in [4.69, 9.17) is 20.2 Å². The predicted octanol–water partition coefficient (Wildman–Crippen LogP) is 1.33. The van der Waals surface area contributed by atoms with Gasteiger partial charge in [-0.1, -0.05) is 0 Å². The highest BCUT2D eigenvalue weighted by atomic mass is 35.7. The highest BCUT2D eigenvalue weighted by Gasteiger charge is 2.24. The van der Waals surface area contributed by atoms with Gasteiger partial charge in [-0.2, -0.15) is 0 Å². The number of aryl methyl sites for hydroxylation is 1. The third kappa shape index (κ3) is 2.51. The topological polar surface area (TPSA) is 65.5 Å². The summed E-state index contributed by atoms with van der Waals surface area (Å²) in [5.74, 6) is 0.0520. The summed E-state index contributed by atoms with van der Waals surface area (Å²) in [7, 11) is 3.96. The van der Waals surface area contributed by atoms with E-state index in [0.29, 0.717) is 5.69 Å². The summed E-state index contributed by atoms with van der Waals surface area (Å²) in [6.45, 7) is 1.69. The number of hydrogen-bond donors (Lipinski definition) is 0. The second kappa shape index (κ2) is 4.24. The lowest BCUT2D eigenvalue weighted by atomic mass is 10.3. The summed E-state index contributed by atoms with van der Waals surface area (Å²) >= 11 is 0. The Hall–Kier alpha value is -1.01. The van der Waals surface area contributed by atoms with Crippen LogP contribution in [0.4, 0.5) is 0 Å². The molecule has 0 N–H and O–H groups in total. The van der Waals surface area contributed by atoms with Crippen LogP contribution in [0.15, 0.2) is 11.0 Å². The zero-order valence-electron chi connectivity index (χ0n) is 8.44. The Morgan fingerprint density at radius 3 is 2.33 bits per heavy atom. The SMILES string of the molecule is COc1cc(C)nc(OC)c1S(=O)(=O)Cl. The molecule has 0 amide bonds. The number of hydrogen-bond acceptors (Lipinski definition) is 5. The number of pyridine rings is 1. The van der Waals surface area contributed by atoms with E-state index in [1.54, 1.807) is 6.92 Å². The minimum Gasteiger partial charge on any atom is -0.495 e. The molecule has 0 radical (unpaired) electrons. The summed E-state index contributed by atoms with van der Waals surface area (Å²) < 4.78 is 32.3. The Labute approximate surface area is 92.4 Å². The molecule has 0 aliphatic rings. The first-order chi connectivity index (χ1) is 6.90. The monoisotopic (exact) mass is 251 g/mol. The maximum atomic E-state index is 11.3. The quantitative estimate of drug-likeness (QED) is 0.759. The van der Waals surface area contributed by atoms with Gasteiger partial charge in [0.2, 0.25) is 5.88 Å². The molecule has 0 saturated heterocycles. The van der Waals surface area contributed by atoms with Crippen molar-refractivity contribution in [3.63, 3.8) is 0 Å². The minimum absolute atomic E-state index is 0.0677. The van der Waals surface area contributed by atoms with E-state index < -0.39 is 9.05 Å². The first-order valence-electron chi connectivity index (χ1n) is 3.94. The second-order valence-electron chi connectivity index (χ2n) is 2.74. The molecular weight excluding hydrogens is 242 g/mol. The van der Waals surface area contributed by atoms with Gasteiger partial charge in [0.15, 0.2) is 4.90 Å². The fourth-order valence-corrected chi connectivity index (χ4v) is 2.26. The molecule has 84 valence electrons. The molecule has 0 atom stereocenters. The molecule has 1 rings (SSSR count). The third-order valence-corrected chi connectivity index (χ3v) is 3.02. The van der Waals surface area contributed by atoms with Gasteiger partial charge >= 0.3 is 0 Å². The average molecular weight is 252 g/mol. The molecule has 1 aromatic rings. The normalized spacial score (nSPS) is 11.2. The Bertz CT molecular complexity index is 447. The summed E-state index contributed by atoms with van der Waals surface area (Å²) in [5, 5.41) is 0. The summed E-state index contributed by atoms with van der Waals surface area (Å²) in [4.78, 5) is 3.65. The van der Waals surface area contributed by atoms with Crippen LogP contribution in [0.5, 0.6) is 11.6 Å². The van der Waals surface area contributed by atoms with Crippen LogP contribution in [0.3, 0.4) is 0 Å². The van der Waals surface area contributed by atoms with Crippen molar-refractivity contribution in [1.29, 1.82) is 0 Å². The fourth-order valence-electron chi connectivity index (χ4n) is 1.12. The van der Waals surface area contributed by atoms with E-state index in [9.17, 15) is 8.42 Å². The maximum Gasteiger partial charge on any atom is 0.270 e. The van der Waals surface area contributed by atoms with Crippen LogP contribution in [0.1, 0.15) is 5.69 Å². The number of halogens is 1. The van der Waals surface area contributed by atoms with Crippen molar-refractivity contribution in [2.75, 3.05) is 14.2 Å². The van der Waals surface area contributed by atoms with Crippen LogP contribution in [-0.4, -0.2) is 27.6 Å². The van der Waals surface area contributed by atoms with Crippen molar-refractivity contribution < 1.29 is 17.9 Å². The Morgan fingerprint density at radius 1 is 1.33 bits per heavy atom. The van der Waals surface area contributed by atoms with Crippen molar-refractivity contribution in [1.82, 2.24) is 4.98 Å². The molecule has 0 aliphatic carbocycles. The van der Waals surface area contributed by atoms with Crippen molar-refractivity contribution in [2.24, 2.45) is 0 Å². The molecule has 0 spiro atoms. The van der Waals surface area contributed by atoms with Gasteiger partial charge in [0.05, 0.1) is 14.2 Å². The van der Waals surface area contributed by atoms with Gasteiger partial charge in [0, 0.05) is 22.4 Å². The summed E-state index contributed by atoms with van der Waals surface area (Å²) in [5.41, 5.74) is 0.577. The largest absolute Gasteiger partial charge is 0.495 e. The zero-order chi connectivity index (χ0) is 11.6. The number of methoxy groups -OCH3 is 2. The number of nitrogens with zero attached hydrogens (tertiary/aromatic N) is 1. The second-order valence-corrected chi connectivity index (χ2v) is 5.24. The molecule has 5 nitrogen and oxygen atoms in total. The van der Waals surface area contributed by atoms with Gasteiger partial charge in [-0.05, 0) is 6.92 Å². The minimum atomic E-state index is -3.95. The fraction of sp³-hybridized carbons (Fsp3) is 0.375. The zero-order valence-corrected chi connectivity index (χ0v) is 10.0. The lowest BCUT2D eigenvalue weighted by Gasteiger charge is -2.10. The van der Waals surface area contributed by atoms with Gasteiger partial charge in [0.25, 0.3) is 9.05 Å². The molecule has 0 saturated carbocycles.